The zero-order valence-electron chi connectivity index (χ0n) is 15.9. The van der Waals surface area contributed by atoms with Crippen molar-refractivity contribution in [2.75, 3.05) is 13.2 Å². The molecule has 3 saturated heterocycles. The Morgan fingerprint density at radius 2 is 2.18 bits per heavy atom. The molecule has 7 nitrogen and oxygen atoms in total. The minimum atomic E-state index is -0.699. The molecule has 0 unspecified atom stereocenters. The Labute approximate surface area is 163 Å². The minimum absolute atomic E-state index is 0.0579. The summed E-state index contributed by atoms with van der Waals surface area (Å²) in [6.45, 7) is 3.13. The maximum atomic E-state index is 13.1. The van der Waals surface area contributed by atoms with Crippen molar-refractivity contribution in [2.24, 2.45) is 0 Å². The third kappa shape index (κ3) is 2.42. The van der Waals surface area contributed by atoms with Gasteiger partial charge in [-0.1, -0.05) is 43.7 Å². The number of H-pyrrole nitrogens is 1. The second-order valence-corrected chi connectivity index (χ2v) is 7.84. The number of ether oxygens (including phenoxy) is 1. The van der Waals surface area contributed by atoms with Gasteiger partial charge in [0.05, 0.1) is 25.1 Å². The van der Waals surface area contributed by atoms with Crippen LogP contribution >= 0.6 is 0 Å². The van der Waals surface area contributed by atoms with Crippen LogP contribution in [0, 0.1) is 0 Å². The number of carbonyl (C=O) groups is 2. The van der Waals surface area contributed by atoms with E-state index in [1.807, 2.05) is 41.3 Å². The van der Waals surface area contributed by atoms with Crippen LogP contribution in [0.4, 0.5) is 0 Å². The summed E-state index contributed by atoms with van der Waals surface area (Å²) >= 11 is 0. The molecule has 1 spiro atoms. The molecule has 2 aromatic rings. The highest BCUT2D eigenvalue weighted by atomic mass is 16.5. The lowest BCUT2D eigenvalue weighted by Crippen LogP contribution is -2.49. The van der Waals surface area contributed by atoms with Gasteiger partial charge in [0, 0.05) is 18.7 Å². The standard InChI is InChI=1S/C21H24N4O3/c1-2-6-15-11-16(23-22-15)20(27)24-10-9-21-18(24)12-19(26)25(21)17(13-28-21)14-7-4-3-5-8-14/h3-5,7-8,11,17-18H,2,6,9-10,12-13H2,1H3,(H,22,23)/t17-,18+,21-/m0/s1. The molecule has 3 aliphatic rings. The maximum absolute atomic E-state index is 13.1. The highest BCUT2D eigenvalue weighted by molar-refractivity contribution is 5.94. The Morgan fingerprint density at radius 3 is 2.96 bits per heavy atom. The van der Waals surface area contributed by atoms with Gasteiger partial charge in [-0.05, 0) is 18.1 Å². The molecule has 7 heteroatoms. The number of rotatable bonds is 4. The first-order valence-electron chi connectivity index (χ1n) is 10.0. The van der Waals surface area contributed by atoms with E-state index in [4.69, 9.17) is 4.74 Å². The molecule has 28 heavy (non-hydrogen) atoms. The third-order valence-electron chi connectivity index (χ3n) is 6.27. The summed E-state index contributed by atoms with van der Waals surface area (Å²) in [7, 11) is 0. The summed E-state index contributed by atoms with van der Waals surface area (Å²) < 4.78 is 6.27. The molecule has 1 aromatic carbocycles. The van der Waals surface area contributed by atoms with Crippen molar-refractivity contribution in [1.29, 1.82) is 0 Å². The highest BCUT2D eigenvalue weighted by Gasteiger charge is 2.65. The zero-order chi connectivity index (χ0) is 19.3. The first-order chi connectivity index (χ1) is 13.6. The first-order valence-corrected chi connectivity index (χ1v) is 10.0. The number of hydrogen-bond acceptors (Lipinski definition) is 4. The minimum Gasteiger partial charge on any atom is -0.351 e. The fraction of sp³-hybridized carbons (Fsp3) is 0.476. The van der Waals surface area contributed by atoms with Gasteiger partial charge < -0.3 is 14.5 Å². The van der Waals surface area contributed by atoms with Crippen LogP contribution in [0.5, 0.6) is 0 Å². The van der Waals surface area contributed by atoms with E-state index in [0.29, 0.717) is 31.7 Å². The summed E-state index contributed by atoms with van der Waals surface area (Å²) in [5.74, 6) is -0.0653. The van der Waals surface area contributed by atoms with Gasteiger partial charge in [0.1, 0.15) is 5.69 Å². The predicted octanol–water partition coefficient (Wildman–Crippen LogP) is 2.28. The molecule has 5 rings (SSSR count). The van der Waals surface area contributed by atoms with Crippen molar-refractivity contribution < 1.29 is 14.3 Å². The molecule has 4 heterocycles. The number of amides is 2. The average Bonchev–Trinajstić information content (AvgIpc) is 3.45. The number of benzene rings is 1. The Balaban J connectivity index is 1.42. The van der Waals surface area contributed by atoms with Crippen LogP contribution in [0.2, 0.25) is 0 Å². The Morgan fingerprint density at radius 1 is 1.36 bits per heavy atom. The molecule has 1 aromatic heterocycles. The van der Waals surface area contributed by atoms with E-state index in [2.05, 4.69) is 17.1 Å². The lowest BCUT2D eigenvalue weighted by atomic mass is 10.0. The van der Waals surface area contributed by atoms with E-state index in [-0.39, 0.29) is 23.9 Å². The number of hydrogen-bond donors (Lipinski definition) is 1. The maximum Gasteiger partial charge on any atom is 0.274 e. The van der Waals surface area contributed by atoms with E-state index in [0.717, 1.165) is 24.1 Å². The van der Waals surface area contributed by atoms with Crippen LogP contribution in [-0.4, -0.2) is 56.7 Å². The molecular formula is C21H24N4O3. The van der Waals surface area contributed by atoms with Crippen molar-refractivity contribution in [1.82, 2.24) is 20.0 Å². The van der Waals surface area contributed by atoms with Crippen LogP contribution in [0.1, 0.15) is 54.0 Å². The monoisotopic (exact) mass is 380 g/mol. The number of nitrogens with one attached hydrogen (secondary N) is 1. The second-order valence-electron chi connectivity index (χ2n) is 7.84. The van der Waals surface area contributed by atoms with Crippen LogP contribution in [-0.2, 0) is 16.0 Å². The number of aryl methyl sites for hydroxylation is 1. The van der Waals surface area contributed by atoms with Gasteiger partial charge in [-0.3, -0.25) is 14.7 Å². The molecule has 0 aliphatic carbocycles. The van der Waals surface area contributed by atoms with Crippen LogP contribution in [0.3, 0.4) is 0 Å². The Hall–Kier alpha value is -2.67. The van der Waals surface area contributed by atoms with E-state index in [1.165, 1.54) is 0 Å². The molecule has 1 N–H and O–H groups in total. The van der Waals surface area contributed by atoms with Gasteiger partial charge in [0.25, 0.3) is 5.91 Å². The smallest absolute Gasteiger partial charge is 0.274 e. The second kappa shape index (κ2) is 6.44. The normalized spacial score (nSPS) is 28.7. The summed E-state index contributed by atoms with van der Waals surface area (Å²) in [6.07, 6.45) is 2.80. The fourth-order valence-corrected chi connectivity index (χ4v) is 5.02. The number of aromatic amines is 1. The van der Waals surface area contributed by atoms with Crippen LogP contribution < -0.4 is 0 Å². The van der Waals surface area contributed by atoms with Gasteiger partial charge in [-0.2, -0.15) is 5.10 Å². The molecular weight excluding hydrogens is 356 g/mol. The zero-order valence-corrected chi connectivity index (χ0v) is 15.9. The molecule has 0 bridgehead atoms. The molecule has 2 amide bonds. The molecule has 3 fully saturated rings. The Bertz CT molecular complexity index is 911. The lowest BCUT2D eigenvalue weighted by molar-refractivity contribution is -0.138. The van der Waals surface area contributed by atoms with Crippen molar-refractivity contribution in [3.8, 4) is 0 Å². The summed E-state index contributed by atoms with van der Waals surface area (Å²) in [5, 5.41) is 7.15. The largest absolute Gasteiger partial charge is 0.351 e. The average molecular weight is 380 g/mol. The van der Waals surface area contributed by atoms with Gasteiger partial charge in [-0.15, -0.1) is 0 Å². The van der Waals surface area contributed by atoms with Gasteiger partial charge >= 0.3 is 0 Å². The van der Waals surface area contributed by atoms with E-state index >= 15 is 0 Å². The van der Waals surface area contributed by atoms with Gasteiger partial charge in [0.2, 0.25) is 5.91 Å². The van der Waals surface area contributed by atoms with E-state index < -0.39 is 5.72 Å². The highest BCUT2D eigenvalue weighted by Crippen LogP contribution is 2.51. The van der Waals surface area contributed by atoms with Gasteiger partial charge in [-0.25, -0.2) is 0 Å². The molecule has 0 saturated carbocycles. The SMILES string of the molecule is CCCc1cc(C(=O)N2CC[C@@]34OC[C@@H](c5ccccc5)N3C(=O)C[C@@H]24)n[nH]1. The van der Waals surface area contributed by atoms with E-state index in [1.54, 1.807) is 4.90 Å². The molecule has 146 valence electrons. The molecule has 3 aliphatic heterocycles. The fourth-order valence-electron chi connectivity index (χ4n) is 5.02. The Kier molecular flexibility index (Phi) is 4.01. The van der Waals surface area contributed by atoms with Crippen molar-refractivity contribution in [3.05, 3.63) is 53.3 Å². The summed E-state index contributed by atoms with van der Waals surface area (Å²) in [6, 6.07) is 11.5. The quantitative estimate of drug-likeness (QED) is 0.883. The lowest BCUT2D eigenvalue weighted by Gasteiger charge is -2.33. The summed E-state index contributed by atoms with van der Waals surface area (Å²) in [5.41, 5.74) is 1.76. The van der Waals surface area contributed by atoms with Crippen molar-refractivity contribution in [2.45, 2.75) is 50.4 Å². The molecule has 3 atom stereocenters. The topological polar surface area (TPSA) is 78.5 Å². The predicted molar refractivity (Wildman–Crippen MR) is 101 cm³/mol. The number of nitrogens with zero attached hydrogens (tertiary/aromatic N) is 3. The van der Waals surface area contributed by atoms with E-state index in [9.17, 15) is 9.59 Å². The van der Waals surface area contributed by atoms with Crippen LogP contribution in [0.15, 0.2) is 36.4 Å². The van der Waals surface area contributed by atoms with Gasteiger partial charge in [0.15, 0.2) is 5.72 Å². The van der Waals surface area contributed by atoms with Crippen LogP contribution in [0.25, 0.3) is 0 Å². The summed E-state index contributed by atoms with van der Waals surface area (Å²) in [4.78, 5) is 29.7. The number of carbonyl (C=O) groups excluding carboxylic acids is 2. The third-order valence-corrected chi connectivity index (χ3v) is 6.27. The number of likely N-dealkylation sites (tertiary alicyclic amines) is 1. The number of aromatic nitrogens is 2. The molecule has 0 radical (unpaired) electrons. The van der Waals surface area contributed by atoms with Crippen molar-refractivity contribution in [3.63, 3.8) is 0 Å². The van der Waals surface area contributed by atoms with Crippen molar-refractivity contribution >= 4 is 11.8 Å². The first kappa shape index (κ1) is 17.4.